The van der Waals surface area contributed by atoms with E-state index in [1.807, 2.05) is 29.1 Å². The summed E-state index contributed by atoms with van der Waals surface area (Å²) in [5.41, 5.74) is 5.87. The first kappa shape index (κ1) is 16.5. The highest BCUT2D eigenvalue weighted by Crippen LogP contribution is 2.22. The molecule has 3 aromatic rings. The van der Waals surface area contributed by atoms with Gasteiger partial charge in [-0.05, 0) is 45.9 Å². The number of nitrogens with zero attached hydrogens (tertiary/aromatic N) is 4. The summed E-state index contributed by atoms with van der Waals surface area (Å²) < 4.78 is 4.05. The van der Waals surface area contributed by atoms with Crippen molar-refractivity contribution in [2.24, 2.45) is 0 Å². The Balaban J connectivity index is 1.75. The standard InChI is InChI=1S/C19H25N5/c1-5-23-16(4)19(15(3)22-23)14(2)20-13-18-11-12-21-24(18)17-9-7-6-8-10-17/h6-12,14,20H,5,13H2,1-4H3. The van der Waals surface area contributed by atoms with Crippen molar-refractivity contribution in [3.8, 4) is 5.69 Å². The van der Waals surface area contributed by atoms with Gasteiger partial charge in [0.15, 0.2) is 0 Å². The number of rotatable bonds is 6. The lowest BCUT2D eigenvalue weighted by Crippen LogP contribution is -2.21. The van der Waals surface area contributed by atoms with Gasteiger partial charge in [-0.3, -0.25) is 4.68 Å². The first-order valence-corrected chi connectivity index (χ1v) is 8.47. The maximum absolute atomic E-state index is 4.62. The molecule has 0 saturated heterocycles. The van der Waals surface area contributed by atoms with Crippen LogP contribution in [0.5, 0.6) is 0 Å². The fourth-order valence-corrected chi connectivity index (χ4v) is 3.27. The topological polar surface area (TPSA) is 47.7 Å². The molecule has 0 saturated carbocycles. The van der Waals surface area contributed by atoms with Gasteiger partial charge in [0.25, 0.3) is 0 Å². The van der Waals surface area contributed by atoms with Crippen LogP contribution in [-0.2, 0) is 13.1 Å². The first-order chi connectivity index (χ1) is 11.6. The number of hydrogen-bond acceptors (Lipinski definition) is 3. The van der Waals surface area contributed by atoms with Gasteiger partial charge in [-0.25, -0.2) is 4.68 Å². The Bertz CT molecular complexity index is 801. The van der Waals surface area contributed by atoms with Crippen LogP contribution < -0.4 is 5.32 Å². The lowest BCUT2D eigenvalue weighted by Gasteiger charge is -2.16. The van der Waals surface area contributed by atoms with E-state index in [0.29, 0.717) is 0 Å². The molecule has 24 heavy (non-hydrogen) atoms. The molecule has 1 N–H and O–H groups in total. The summed E-state index contributed by atoms with van der Waals surface area (Å²) in [5.74, 6) is 0. The van der Waals surface area contributed by atoms with Gasteiger partial charge >= 0.3 is 0 Å². The molecule has 0 radical (unpaired) electrons. The number of nitrogens with one attached hydrogen (secondary N) is 1. The highest BCUT2D eigenvalue weighted by Gasteiger charge is 2.17. The van der Waals surface area contributed by atoms with E-state index < -0.39 is 0 Å². The van der Waals surface area contributed by atoms with Gasteiger partial charge in [0.2, 0.25) is 0 Å². The lowest BCUT2D eigenvalue weighted by atomic mass is 10.1. The van der Waals surface area contributed by atoms with E-state index in [4.69, 9.17) is 0 Å². The zero-order chi connectivity index (χ0) is 17.1. The van der Waals surface area contributed by atoms with Crippen LogP contribution in [0.4, 0.5) is 0 Å². The minimum absolute atomic E-state index is 0.240. The Kier molecular flexibility index (Phi) is 4.81. The minimum atomic E-state index is 0.240. The molecule has 5 nitrogen and oxygen atoms in total. The number of benzene rings is 1. The molecule has 0 aliphatic rings. The van der Waals surface area contributed by atoms with Crippen molar-refractivity contribution in [2.45, 2.75) is 46.8 Å². The zero-order valence-electron chi connectivity index (χ0n) is 14.8. The molecule has 2 aromatic heterocycles. The fourth-order valence-electron chi connectivity index (χ4n) is 3.27. The Morgan fingerprint density at radius 3 is 2.54 bits per heavy atom. The second-order valence-corrected chi connectivity index (χ2v) is 6.07. The van der Waals surface area contributed by atoms with E-state index in [0.717, 1.165) is 30.2 Å². The molecule has 0 spiro atoms. The SMILES string of the molecule is CCn1nc(C)c(C(C)NCc2ccnn2-c2ccccc2)c1C. The van der Waals surface area contributed by atoms with Gasteiger partial charge in [0.05, 0.1) is 17.1 Å². The molecule has 5 heteroatoms. The van der Waals surface area contributed by atoms with Gasteiger partial charge in [-0.15, -0.1) is 0 Å². The molecular weight excluding hydrogens is 298 g/mol. The van der Waals surface area contributed by atoms with Gasteiger partial charge in [0, 0.05) is 36.6 Å². The van der Waals surface area contributed by atoms with Crippen LogP contribution in [0.25, 0.3) is 5.69 Å². The minimum Gasteiger partial charge on any atom is -0.304 e. The van der Waals surface area contributed by atoms with Gasteiger partial charge in [-0.2, -0.15) is 10.2 Å². The summed E-state index contributed by atoms with van der Waals surface area (Å²) in [4.78, 5) is 0. The molecule has 3 rings (SSSR count). The maximum atomic E-state index is 4.62. The van der Waals surface area contributed by atoms with Crippen molar-refractivity contribution in [1.29, 1.82) is 0 Å². The van der Waals surface area contributed by atoms with Crippen LogP contribution in [0.1, 0.15) is 42.5 Å². The molecule has 2 heterocycles. The number of hydrogen-bond donors (Lipinski definition) is 1. The van der Waals surface area contributed by atoms with Crippen LogP contribution in [0.2, 0.25) is 0 Å². The van der Waals surface area contributed by atoms with E-state index in [9.17, 15) is 0 Å². The third-order valence-electron chi connectivity index (χ3n) is 4.48. The van der Waals surface area contributed by atoms with Crippen molar-refractivity contribution in [1.82, 2.24) is 24.9 Å². The van der Waals surface area contributed by atoms with Crippen LogP contribution >= 0.6 is 0 Å². The summed E-state index contributed by atoms with van der Waals surface area (Å²) in [6.07, 6.45) is 1.85. The quantitative estimate of drug-likeness (QED) is 0.754. The molecule has 0 bridgehead atoms. The lowest BCUT2D eigenvalue weighted by molar-refractivity contribution is 0.551. The van der Waals surface area contributed by atoms with E-state index in [1.54, 1.807) is 0 Å². The van der Waals surface area contributed by atoms with E-state index in [2.05, 4.69) is 66.1 Å². The number of aryl methyl sites for hydroxylation is 2. The third-order valence-corrected chi connectivity index (χ3v) is 4.48. The van der Waals surface area contributed by atoms with Crippen LogP contribution in [-0.4, -0.2) is 19.6 Å². The number of aromatic nitrogens is 4. The largest absolute Gasteiger partial charge is 0.304 e. The second-order valence-electron chi connectivity index (χ2n) is 6.07. The molecular formula is C19H25N5. The molecule has 1 aromatic carbocycles. The number of para-hydroxylation sites is 1. The van der Waals surface area contributed by atoms with Gasteiger partial charge in [-0.1, -0.05) is 18.2 Å². The Hall–Kier alpha value is -2.40. The summed E-state index contributed by atoms with van der Waals surface area (Å²) in [6, 6.07) is 12.5. The molecule has 0 aliphatic carbocycles. The van der Waals surface area contributed by atoms with Crippen molar-refractivity contribution in [3.05, 3.63) is 65.2 Å². The molecule has 0 amide bonds. The normalized spacial score (nSPS) is 12.5. The highest BCUT2D eigenvalue weighted by atomic mass is 15.3. The summed E-state index contributed by atoms with van der Waals surface area (Å²) in [6.45, 7) is 10.2. The van der Waals surface area contributed by atoms with Crippen molar-refractivity contribution >= 4 is 0 Å². The predicted molar refractivity (Wildman–Crippen MR) is 96.2 cm³/mol. The fraction of sp³-hybridized carbons (Fsp3) is 0.368. The third kappa shape index (κ3) is 3.12. The first-order valence-electron chi connectivity index (χ1n) is 8.47. The highest BCUT2D eigenvalue weighted by molar-refractivity contribution is 5.32. The smallest absolute Gasteiger partial charge is 0.0649 e. The second kappa shape index (κ2) is 7.01. The monoisotopic (exact) mass is 323 g/mol. The Morgan fingerprint density at radius 1 is 1.12 bits per heavy atom. The van der Waals surface area contributed by atoms with Gasteiger partial charge < -0.3 is 5.32 Å². The summed E-state index contributed by atoms with van der Waals surface area (Å²) in [7, 11) is 0. The van der Waals surface area contributed by atoms with E-state index >= 15 is 0 Å². The average molecular weight is 323 g/mol. The maximum Gasteiger partial charge on any atom is 0.0649 e. The Morgan fingerprint density at radius 2 is 1.88 bits per heavy atom. The molecule has 126 valence electrons. The predicted octanol–water partition coefficient (Wildman–Crippen LogP) is 3.56. The van der Waals surface area contributed by atoms with Crippen LogP contribution in [0, 0.1) is 13.8 Å². The van der Waals surface area contributed by atoms with Crippen molar-refractivity contribution < 1.29 is 0 Å². The summed E-state index contributed by atoms with van der Waals surface area (Å²) in [5, 5.41) is 12.7. The molecule has 1 unspecified atom stereocenters. The van der Waals surface area contributed by atoms with Gasteiger partial charge in [0.1, 0.15) is 0 Å². The van der Waals surface area contributed by atoms with E-state index in [1.165, 1.54) is 11.3 Å². The van der Waals surface area contributed by atoms with Crippen LogP contribution in [0.3, 0.4) is 0 Å². The summed E-state index contributed by atoms with van der Waals surface area (Å²) >= 11 is 0. The zero-order valence-corrected chi connectivity index (χ0v) is 14.8. The van der Waals surface area contributed by atoms with Crippen molar-refractivity contribution in [3.63, 3.8) is 0 Å². The molecule has 0 fully saturated rings. The van der Waals surface area contributed by atoms with Crippen LogP contribution in [0.15, 0.2) is 42.6 Å². The van der Waals surface area contributed by atoms with E-state index in [-0.39, 0.29) is 6.04 Å². The Labute approximate surface area is 143 Å². The molecule has 0 aliphatic heterocycles. The molecule has 1 atom stereocenters. The average Bonchev–Trinajstić information content (AvgIpc) is 3.17. The van der Waals surface area contributed by atoms with Crippen molar-refractivity contribution in [2.75, 3.05) is 0 Å².